The number of nitrogens with zero attached hydrogens (tertiary/aromatic N) is 1. The van der Waals surface area contributed by atoms with Crippen LogP contribution >= 0.6 is 22.6 Å². The summed E-state index contributed by atoms with van der Waals surface area (Å²) in [5.74, 6) is -1.84. The summed E-state index contributed by atoms with van der Waals surface area (Å²) in [5.41, 5.74) is -0.307. The van der Waals surface area contributed by atoms with Gasteiger partial charge >= 0.3 is 5.97 Å². The van der Waals surface area contributed by atoms with Gasteiger partial charge in [0.05, 0.1) is 21.7 Å². The van der Waals surface area contributed by atoms with Crippen LogP contribution in [0.15, 0.2) is 42.5 Å². The number of hydrogen-bond donors (Lipinski definition) is 2. The van der Waals surface area contributed by atoms with Crippen molar-refractivity contribution in [3.8, 4) is 0 Å². The first-order valence-electron chi connectivity index (χ1n) is 5.97. The Labute approximate surface area is 138 Å². The molecular weight excluding hydrogens is 403 g/mol. The summed E-state index contributed by atoms with van der Waals surface area (Å²) in [5, 5.41) is 22.3. The number of carbonyl (C=O) groups is 2. The minimum Gasteiger partial charge on any atom is -0.478 e. The number of non-ortho nitro benzene ring substituents is 1. The zero-order chi connectivity index (χ0) is 16.3. The quantitative estimate of drug-likeness (QED) is 0.456. The van der Waals surface area contributed by atoms with Crippen molar-refractivity contribution in [3.05, 3.63) is 67.3 Å². The van der Waals surface area contributed by atoms with Crippen molar-refractivity contribution < 1.29 is 19.6 Å². The smallest absolute Gasteiger partial charge is 0.338 e. The van der Waals surface area contributed by atoms with Crippen molar-refractivity contribution in [2.75, 3.05) is 5.32 Å². The molecule has 2 aromatic carbocycles. The number of benzene rings is 2. The molecular formula is C14H9IN2O5. The van der Waals surface area contributed by atoms with Gasteiger partial charge in [-0.25, -0.2) is 4.79 Å². The van der Waals surface area contributed by atoms with E-state index in [4.69, 9.17) is 5.11 Å². The number of carbonyl (C=O) groups excluding carboxylic acids is 1. The number of nitro benzene ring substituents is 1. The minimum absolute atomic E-state index is 0.00255. The molecule has 0 bridgehead atoms. The Morgan fingerprint density at radius 3 is 2.41 bits per heavy atom. The Bertz CT molecular complexity index is 776. The summed E-state index contributed by atoms with van der Waals surface area (Å²) in [7, 11) is 0. The molecule has 0 aromatic heterocycles. The largest absolute Gasteiger partial charge is 0.478 e. The van der Waals surface area contributed by atoms with E-state index < -0.39 is 16.8 Å². The van der Waals surface area contributed by atoms with Gasteiger partial charge in [0.1, 0.15) is 0 Å². The van der Waals surface area contributed by atoms with Crippen molar-refractivity contribution in [3.63, 3.8) is 0 Å². The van der Waals surface area contributed by atoms with E-state index in [2.05, 4.69) is 5.32 Å². The third-order valence-corrected chi connectivity index (χ3v) is 3.75. The molecule has 0 aliphatic rings. The zero-order valence-corrected chi connectivity index (χ0v) is 13.1. The molecule has 2 N–H and O–H groups in total. The molecule has 0 aliphatic heterocycles. The molecule has 0 radical (unpaired) electrons. The average Bonchev–Trinajstić information content (AvgIpc) is 2.47. The van der Waals surface area contributed by atoms with E-state index in [-0.39, 0.29) is 16.9 Å². The molecule has 2 aromatic rings. The van der Waals surface area contributed by atoms with Gasteiger partial charge in [0.15, 0.2) is 0 Å². The van der Waals surface area contributed by atoms with Crippen molar-refractivity contribution in [1.82, 2.24) is 0 Å². The number of halogens is 1. The predicted molar refractivity (Wildman–Crippen MR) is 87.2 cm³/mol. The third kappa shape index (κ3) is 3.39. The van der Waals surface area contributed by atoms with E-state index >= 15 is 0 Å². The molecule has 8 heteroatoms. The highest BCUT2D eigenvalue weighted by atomic mass is 127. The van der Waals surface area contributed by atoms with Crippen molar-refractivity contribution in [1.29, 1.82) is 0 Å². The van der Waals surface area contributed by atoms with Crippen LogP contribution in [-0.4, -0.2) is 21.9 Å². The van der Waals surface area contributed by atoms with E-state index in [1.54, 1.807) is 24.3 Å². The normalized spacial score (nSPS) is 10.0. The number of carboxylic acid groups (broad SMARTS) is 1. The second-order valence-corrected chi connectivity index (χ2v) is 5.39. The molecule has 0 heterocycles. The summed E-state index contributed by atoms with van der Waals surface area (Å²) in [6.45, 7) is 0. The molecule has 0 fully saturated rings. The fourth-order valence-electron chi connectivity index (χ4n) is 1.77. The van der Waals surface area contributed by atoms with Gasteiger partial charge in [0.25, 0.3) is 11.6 Å². The van der Waals surface area contributed by atoms with Gasteiger partial charge in [0.2, 0.25) is 0 Å². The Balaban J connectivity index is 2.37. The van der Waals surface area contributed by atoms with E-state index in [9.17, 15) is 19.7 Å². The standard InChI is InChI=1S/C14H9IN2O5/c15-11-4-2-1-3-9(11)13(18)16-12-6-5-8(17(21)22)7-10(12)14(19)20/h1-7H,(H,16,18)(H,19,20). The van der Waals surface area contributed by atoms with Crippen LogP contribution in [0.1, 0.15) is 20.7 Å². The average molecular weight is 412 g/mol. The highest BCUT2D eigenvalue weighted by Gasteiger charge is 2.18. The van der Waals surface area contributed by atoms with Crippen molar-refractivity contribution >= 4 is 45.8 Å². The highest BCUT2D eigenvalue weighted by Crippen LogP contribution is 2.23. The zero-order valence-electron chi connectivity index (χ0n) is 10.9. The fourth-order valence-corrected chi connectivity index (χ4v) is 2.40. The summed E-state index contributed by atoms with van der Waals surface area (Å²) in [6, 6.07) is 10.0. The molecule has 7 nitrogen and oxygen atoms in total. The van der Waals surface area contributed by atoms with Crippen LogP contribution in [0.2, 0.25) is 0 Å². The maximum Gasteiger partial charge on any atom is 0.338 e. The Hall–Kier alpha value is -2.49. The number of carboxylic acids is 1. The van der Waals surface area contributed by atoms with E-state index in [1.165, 1.54) is 6.07 Å². The maximum atomic E-state index is 12.2. The number of hydrogen-bond acceptors (Lipinski definition) is 4. The van der Waals surface area contributed by atoms with Crippen molar-refractivity contribution in [2.24, 2.45) is 0 Å². The van der Waals surface area contributed by atoms with Gasteiger partial charge in [-0.2, -0.15) is 0 Å². The lowest BCUT2D eigenvalue weighted by Gasteiger charge is -2.09. The molecule has 0 saturated carbocycles. The van der Waals surface area contributed by atoms with Gasteiger partial charge < -0.3 is 10.4 Å². The van der Waals surface area contributed by atoms with Crippen molar-refractivity contribution in [2.45, 2.75) is 0 Å². The first kappa shape index (κ1) is 15.9. The van der Waals surface area contributed by atoms with Crippen LogP contribution < -0.4 is 5.32 Å². The lowest BCUT2D eigenvalue weighted by atomic mass is 10.1. The molecule has 22 heavy (non-hydrogen) atoms. The molecule has 0 aliphatic carbocycles. The van der Waals surface area contributed by atoms with Gasteiger partial charge in [-0.15, -0.1) is 0 Å². The Morgan fingerprint density at radius 2 is 1.82 bits per heavy atom. The van der Waals surface area contributed by atoms with Gasteiger partial charge in [-0.3, -0.25) is 14.9 Å². The first-order valence-corrected chi connectivity index (χ1v) is 7.05. The topological polar surface area (TPSA) is 110 Å². The minimum atomic E-state index is -1.36. The maximum absolute atomic E-state index is 12.2. The summed E-state index contributed by atoms with van der Waals surface area (Å²) < 4.78 is 0.705. The molecule has 0 spiro atoms. The highest BCUT2D eigenvalue weighted by molar-refractivity contribution is 14.1. The predicted octanol–water partition coefficient (Wildman–Crippen LogP) is 3.15. The fraction of sp³-hybridized carbons (Fsp3) is 0. The second kappa shape index (κ2) is 6.52. The van der Waals surface area contributed by atoms with Crippen LogP contribution in [0.25, 0.3) is 0 Å². The number of amides is 1. The van der Waals surface area contributed by atoms with Crippen LogP contribution in [0.4, 0.5) is 11.4 Å². The molecule has 112 valence electrons. The van der Waals surface area contributed by atoms with Crippen LogP contribution in [0.3, 0.4) is 0 Å². The number of rotatable bonds is 4. The van der Waals surface area contributed by atoms with E-state index in [1.807, 2.05) is 22.6 Å². The van der Waals surface area contributed by atoms with Gasteiger partial charge in [-0.1, -0.05) is 12.1 Å². The van der Waals surface area contributed by atoms with Crippen LogP contribution in [0, 0.1) is 13.7 Å². The van der Waals surface area contributed by atoms with Gasteiger partial charge in [0, 0.05) is 15.7 Å². The lowest BCUT2D eigenvalue weighted by molar-refractivity contribution is -0.384. The van der Waals surface area contributed by atoms with E-state index in [0.717, 1.165) is 12.1 Å². The summed E-state index contributed by atoms with van der Waals surface area (Å²) in [6.07, 6.45) is 0. The number of aromatic carboxylic acids is 1. The lowest BCUT2D eigenvalue weighted by Crippen LogP contribution is -2.16. The third-order valence-electron chi connectivity index (χ3n) is 2.81. The number of nitro groups is 1. The number of nitrogens with one attached hydrogen (secondary N) is 1. The monoisotopic (exact) mass is 412 g/mol. The second-order valence-electron chi connectivity index (χ2n) is 4.23. The van der Waals surface area contributed by atoms with Crippen LogP contribution in [0.5, 0.6) is 0 Å². The SMILES string of the molecule is O=C(Nc1ccc([N+](=O)[O-])cc1C(=O)O)c1ccccc1I. The van der Waals surface area contributed by atoms with Gasteiger partial charge in [-0.05, 0) is 40.8 Å². The molecule has 0 unspecified atom stereocenters. The first-order chi connectivity index (χ1) is 10.4. The Morgan fingerprint density at radius 1 is 1.14 bits per heavy atom. The van der Waals surface area contributed by atoms with Crippen LogP contribution in [-0.2, 0) is 0 Å². The Kier molecular flexibility index (Phi) is 4.71. The molecule has 0 saturated heterocycles. The number of anilines is 1. The summed E-state index contributed by atoms with van der Waals surface area (Å²) >= 11 is 1.99. The molecule has 2 rings (SSSR count). The summed E-state index contributed by atoms with van der Waals surface area (Å²) in [4.78, 5) is 33.4. The van der Waals surface area contributed by atoms with E-state index in [0.29, 0.717) is 9.13 Å². The molecule has 1 amide bonds. The molecule has 0 atom stereocenters.